The maximum absolute atomic E-state index is 12.9. The lowest BCUT2D eigenvalue weighted by Gasteiger charge is -2.15. The molecule has 0 amide bonds. The van der Waals surface area contributed by atoms with Crippen molar-refractivity contribution in [1.29, 1.82) is 0 Å². The van der Waals surface area contributed by atoms with E-state index >= 15 is 0 Å². The quantitative estimate of drug-likeness (QED) is 0.204. The highest BCUT2D eigenvalue weighted by Gasteiger charge is 2.23. The molecule has 4 aromatic carbocycles. The molecule has 6 rings (SSSR count). The van der Waals surface area contributed by atoms with Gasteiger partial charge in [-0.2, -0.15) is 0 Å². The minimum Gasteiger partial charge on any atom is -0.491 e. The van der Waals surface area contributed by atoms with E-state index in [2.05, 4.69) is 0 Å². The second-order valence-corrected chi connectivity index (χ2v) is 9.11. The largest absolute Gasteiger partial charge is 0.491 e. The minimum absolute atomic E-state index is 0.130. The van der Waals surface area contributed by atoms with E-state index in [0.717, 1.165) is 11.1 Å². The first-order valence-corrected chi connectivity index (χ1v) is 12.5. The van der Waals surface area contributed by atoms with Crippen LogP contribution >= 0.6 is 0 Å². The number of ether oxygens (including phenoxy) is 4. The van der Waals surface area contributed by atoms with Gasteiger partial charge < -0.3 is 23.4 Å². The summed E-state index contributed by atoms with van der Waals surface area (Å²) in [5.74, 6) is 2.23. The lowest BCUT2D eigenvalue weighted by molar-refractivity contribution is 0.256. The van der Waals surface area contributed by atoms with E-state index in [-0.39, 0.29) is 11.5 Å². The fraction of sp³-hybridized carbons (Fsp3) is 0.156. The molecule has 0 saturated carbocycles. The highest BCUT2D eigenvalue weighted by molar-refractivity contribution is 5.80. The average molecular weight is 507 g/mol. The topological polar surface area (TPSA) is 70.4 Å². The summed E-state index contributed by atoms with van der Waals surface area (Å²) in [5.41, 5.74) is 3.12. The molecular formula is C32H26O6. The van der Waals surface area contributed by atoms with Gasteiger partial charge in [0.2, 0.25) is 0 Å². The molecular weight excluding hydrogens is 480 g/mol. The number of epoxide rings is 1. The Morgan fingerprint density at radius 2 is 1.39 bits per heavy atom. The van der Waals surface area contributed by atoms with Crippen LogP contribution in [-0.4, -0.2) is 19.3 Å². The van der Waals surface area contributed by atoms with Crippen molar-refractivity contribution in [2.45, 2.75) is 19.3 Å². The van der Waals surface area contributed by atoms with Gasteiger partial charge in [-0.3, -0.25) is 4.79 Å². The number of fused-ring (bicyclic) bond motifs is 1. The summed E-state index contributed by atoms with van der Waals surface area (Å²) in [6.07, 6.45) is 0.140. The molecule has 1 fully saturated rings. The molecule has 6 nitrogen and oxygen atoms in total. The normalized spacial score (nSPS) is 14.3. The molecule has 1 aliphatic heterocycles. The number of hydrogen-bond acceptors (Lipinski definition) is 6. The SMILES string of the molecule is O=c1cc(-c2ccc(OCc3ccccc3)c(OCc3ccccc3)c2)oc2cc(OCC3CO3)ccc12. The second-order valence-electron chi connectivity index (χ2n) is 9.11. The first kappa shape index (κ1) is 23.8. The fourth-order valence-corrected chi connectivity index (χ4v) is 4.08. The molecule has 0 radical (unpaired) electrons. The van der Waals surface area contributed by atoms with E-state index in [1.807, 2.05) is 78.9 Å². The zero-order valence-corrected chi connectivity index (χ0v) is 20.7. The lowest BCUT2D eigenvalue weighted by Crippen LogP contribution is -2.05. The predicted octanol–water partition coefficient (Wildman–Crippen LogP) is 6.40. The maximum Gasteiger partial charge on any atom is 0.193 e. The Hall–Kier alpha value is -4.55. The van der Waals surface area contributed by atoms with E-state index in [9.17, 15) is 4.79 Å². The average Bonchev–Trinajstić information content (AvgIpc) is 3.80. The summed E-state index contributed by atoms with van der Waals surface area (Å²) in [5, 5.41) is 0.493. The van der Waals surface area contributed by atoms with Gasteiger partial charge in [-0.15, -0.1) is 0 Å². The van der Waals surface area contributed by atoms with Gasteiger partial charge in [0.15, 0.2) is 16.9 Å². The third-order valence-electron chi connectivity index (χ3n) is 6.24. The maximum atomic E-state index is 12.9. The third-order valence-corrected chi connectivity index (χ3v) is 6.24. The van der Waals surface area contributed by atoms with Crippen molar-refractivity contribution < 1.29 is 23.4 Å². The van der Waals surface area contributed by atoms with Crippen LogP contribution in [0.1, 0.15) is 11.1 Å². The van der Waals surface area contributed by atoms with Gasteiger partial charge in [0.05, 0.1) is 12.0 Å². The molecule has 1 atom stereocenters. The van der Waals surface area contributed by atoms with Crippen LogP contribution in [0.25, 0.3) is 22.3 Å². The van der Waals surface area contributed by atoms with Crippen molar-refractivity contribution >= 4 is 11.0 Å². The second kappa shape index (κ2) is 10.8. The van der Waals surface area contributed by atoms with Gasteiger partial charge >= 0.3 is 0 Å². The Balaban J connectivity index is 1.30. The monoisotopic (exact) mass is 506 g/mol. The molecule has 1 aliphatic rings. The van der Waals surface area contributed by atoms with Crippen molar-refractivity contribution in [2.75, 3.05) is 13.2 Å². The van der Waals surface area contributed by atoms with Gasteiger partial charge in [-0.1, -0.05) is 60.7 Å². The van der Waals surface area contributed by atoms with Crippen LogP contribution in [0.4, 0.5) is 0 Å². The smallest absolute Gasteiger partial charge is 0.193 e. The third kappa shape index (κ3) is 5.71. The van der Waals surface area contributed by atoms with Crippen LogP contribution in [0.2, 0.25) is 0 Å². The molecule has 6 heteroatoms. The molecule has 5 aromatic rings. The molecule has 1 saturated heterocycles. The lowest BCUT2D eigenvalue weighted by atomic mass is 10.1. The molecule has 190 valence electrons. The van der Waals surface area contributed by atoms with Crippen LogP contribution in [0.15, 0.2) is 112 Å². The van der Waals surface area contributed by atoms with Crippen molar-refractivity contribution in [1.82, 2.24) is 0 Å². The van der Waals surface area contributed by atoms with Crippen LogP contribution in [-0.2, 0) is 18.0 Å². The Labute approximate surface area is 220 Å². The van der Waals surface area contributed by atoms with Gasteiger partial charge in [0.1, 0.15) is 43.0 Å². The Morgan fingerprint density at radius 1 is 0.711 bits per heavy atom. The Morgan fingerprint density at radius 3 is 2.08 bits per heavy atom. The van der Waals surface area contributed by atoms with E-state index in [1.54, 1.807) is 18.2 Å². The number of rotatable bonds is 10. The van der Waals surface area contributed by atoms with Crippen molar-refractivity contribution in [3.8, 4) is 28.6 Å². The Kier molecular flexibility index (Phi) is 6.79. The summed E-state index contributed by atoms with van der Waals surface area (Å²) >= 11 is 0. The summed E-state index contributed by atoms with van der Waals surface area (Å²) < 4.78 is 29.5. The predicted molar refractivity (Wildman–Crippen MR) is 145 cm³/mol. The zero-order valence-electron chi connectivity index (χ0n) is 20.7. The summed E-state index contributed by atoms with van der Waals surface area (Å²) in [7, 11) is 0. The van der Waals surface area contributed by atoms with Gasteiger partial charge in [0.25, 0.3) is 0 Å². The minimum atomic E-state index is -0.130. The first-order chi connectivity index (χ1) is 18.7. The van der Waals surface area contributed by atoms with Crippen LogP contribution in [0.3, 0.4) is 0 Å². The van der Waals surface area contributed by atoms with Crippen molar-refractivity contribution in [2.24, 2.45) is 0 Å². The molecule has 38 heavy (non-hydrogen) atoms. The summed E-state index contributed by atoms with van der Waals surface area (Å²) in [4.78, 5) is 12.9. The summed E-state index contributed by atoms with van der Waals surface area (Å²) in [6, 6.07) is 32.2. The van der Waals surface area contributed by atoms with Crippen molar-refractivity contribution in [3.63, 3.8) is 0 Å². The number of hydrogen-bond donors (Lipinski definition) is 0. The van der Waals surface area contributed by atoms with E-state index in [1.165, 1.54) is 6.07 Å². The molecule has 0 N–H and O–H groups in total. The van der Waals surface area contributed by atoms with E-state index < -0.39 is 0 Å². The fourth-order valence-electron chi connectivity index (χ4n) is 4.08. The highest BCUT2D eigenvalue weighted by atomic mass is 16.6. The van der Waals surface area contributed by atoms with E-state index in [4.69, 9.17) is 23.4 Å². The highest BCUT2D eigenvalue weighted by Crippen LogP contribution is 2.35. The van der Waals surface area contributed by atoms with Crippen LogP contribution in [0, 0.1) is 0 Å². The standard InChI is InChI=1S/C32H26O6/c33-28-17-30(38-31-16-25(12-13-27(28)31)34-20-26-21-35-26)24-11-14-29(36-18-22-7-3-1-4-8-22)32(15-24)37-19-23-9-5-2-6-10-23/h1-17,26H,18-21H2. The zero-order chi connectivity index (χ0) is 25.7. The number of benzene rings is 4. The molecule has 0 spiro atoms. The molecule has 2 heterocycles. The first-order valence-electron chi connectivity index (χ1n) is 12.5. The Bertz CT molecular complexity index is 1590. The molecule has 0 bridgehead atoms. The van der Waals surface area contributed by atoms with Crippen molar-refractivity contribution in [3.05, 3.63) is 124 Å². The van der Waals surface area contributed by atoms with Crippen LogP contribution < -0.4 is 19.6 Å². The summed E-state index contributed by atoms with van der Waals surface area (Å²) in [6.45, 7) is 1.97. The molecule has 0 aliphatic carbocycles. The van der Waals surface area contributed by atoms with E-state index in [0.29, 0.717) is 66.0 Å². The van der Waals surface area contributed by atoms with Gasteiger partial charge in [-0.25, -0.2) is 0 Å². The van der Waals surface area contributed by atoms with Crippen LogP contribution in [0.5, 0.6) is 17.2 Å². The molecule has 1 aromatic heterocycles. The molecule has 1 unspecified atom stereocenters. The van der Waals surface area contributed by atoms with Gasteiger partial charge in [-0.05, 0) is 41.5 Å². The van der Waals surface area contributed by atoms with Gasteiger partial charge in [0, 0.05) is 17.7 Å².